The van der Waals surface area contributed by atoms with Crippen LogP contribution in [0.25, 0.3) is 0 Å². The Labute approximate surface area is 143 Å². The van der Waals surface area contributed by atoms with Crippen molar-refractivity contribution in [2.45, 2.75) is 45.8 Å². The highest BCUT2D eigenvalue weighted by Crippen LogP contribution is 2.21. The molecule has 3 N–H and O–H groups in total. The van der Waals surface area contributed by atoms with Gasteiger partial charge in [-0.2, -0.15) is 0 Å². The quantitative estimate of drug-likeness (QED) is 0.891. The van der Waals surface area contributed by atoms with Crippen LogP contribution in [-0.4, -0.2) is 35.6 Å². The number of anilines is 1. The monoisotopic (exact) mass is 333 g/mol. The summed E-state index contributed by atoms with van der Waals surface area (Å²) in [5.41, 5.74) is 6.79. The van der Waals surface area contributed by atoms with E-state index in [4.69, 9.17) is 10.5 Å². The van der Waals surface area contributed by atoms with Gasteiger partial charge in [-0.1, -0.05) is 12.1 Å². The third-order valence-corrected chi connectivity index (χ3v) is 3.87. The minimum Gasteiger partial charge on any atom is -0.444 e. The van der Waals surface area contributed by atoms with Crippen molar-refractivity contribution in [3.63, 3.8) is 0 Å². The third kappa shape index (κ3) is 5.23. The van der Waals surface area contributed by atoms with Gasteiger partial charge in [0, 0.05) is 25.3 Å². The molecule has 1 heterocycles. The molecule has 6 heteroatoms. The molecule has 1 aliphatic heterocycles. The Morgan fingerprint density at radius 3 is 2.79 bits per heavy atom. The van der Waals surface area contributed by atoms with E-state index in [1.807, 2.05) is 45.0 Å². The number of hydrogen-bond acceptors (Lipinski definition) is 4. The van der Waals surface area contributed by atoms with Crippen molar-refractivity contribution in [2.24, 2.45) is 11.7 Å². The highest BCUT2D eigenvalue weighted by molar-refractivity contribution is 5.93. The Hall–Kier alpha value is -2.08. The third-order valence-electron chi connectivity index (χ3n) is 3.87. The molecule has 1 atom stereocenters. The SMILES string of the molecule is CC(C)(C)OC(=O)N1CCCC(C(=O)Nc2cccc(CN)c2)C1. The number of benzene rings is 1. The van der Waals surface area contributed by atoms with Crippen molar-refractivity contribution < 1.29 is 14.3 Å². The standard InChI is InChI=1S/C18H27N3O3/c1-18(2,3)24-17(23)21-9-5-7-14(12-21)16(22)20-15-8-4-6-13(10-15)11-19/h4,6,8,10,14H,5,7,9,11-12,19H2,1-3H3,(H,20,22). The Bertz CT molecular complexity index is 595. The lowest BCUT2D eigenvalue weighted by Crippen LogP contribution is -2.45. The van der Waals surface area contributed by atoms with Gasteiger partial charge in [0.25, 0.3) is 0 Å². The Morgan fingerprint density at radius 2 is 2.12 bits per heavy atom. The number of likely N-dealkylation sites (tertiary alicyclic amines) is 1. The summed E-state index contributed by atoms with van der Waals surface area (Å²) in [5.74, 6) is -0.301. The van der Waals surface area contributed by atoms with E-state index in [1.54, 1.807) is 4.90 Å². The lowest BCUT2D eigenvalue weighted by molar-refractivity contribution is -0.121. The van der Waals surface area contributed by atoms with Gasteiger partial charge < -0.3 is 20.7 Å². The number of rotatable bonds is 3. The summed E-state index contributed by atoms with van der Waals surface area (Å²) in [4.78, 5) is 26.3. The molecular weight excluding hydrogens is 306 g/mol. The molecule has 1 aromatic carbocycles. The van der Waals surface area contributed by atoms with Gasteiger partial charge in [0.2, 0.25) is 5.91 Å². The summed E-state index contributed by atoms with van der Waals surface area (Å²) in [6.45, 7) is 6.95. The van der Waals surface area contributed by atoms with E-state index in [-0.39, 0.29) is 17.9 Å². The van der Waals surface area contributed by atoms with Crippen LogP contribution in [-0.2, 0) is 16.1 Å². The fraction of sp³-hybridized carbons (Fsp3) is 0.556. The smallest absolute Gasteiger partial charge is 0.410 e. The molecule has 2 rings (SSSR count). The normalized spacial score (nSPS) is 18.2. The summed E-state index contributed by atoms with van der Waals surface area (Å²) in [7, 11) is 0. The molecule has 132 valence electrons. The first-order valence-corrected chi connectivity index (χ1v) is 8.36. The zero-order valence-electron chi connectivity index (χ0n) is 14.7. The minimum absolute atomic E-state index is 0.0718. The number of hydrogen-bond donors (Lipinski definition) is 2. The number of piperidine rings is 1. The predicted octanol–water partition coefficient (Wildman–Crippen LogP) is 2.73. The molecule has 1 fully saturated rings. The van der Waals surface area contributed by atoms with E-state index in [1.165, 1.54) is 0 Å². The van der Waals surface area contributed by atoms with Gasteiger partial charge >= 0.3 is 6.09 Å². The van der Waals surface area contributed by atoms with Gasteiger partial charge in [-0.05, 0) is 51.3 Å². The molecule has 0 aliphatic carbocycles. The van der Waals surface area contributed by atoms with E-state index in [0.29, 0.717) is 19.6 Å². The van der Waals surface area contributed by atoms with Crippen LogP contribution in [0.15, 0.2) is 24.3 Å². The van der Waals surface area contributed by atoms with Crippen LogP contribution in [0.2, 0.25) is 0 Å². The predicted molar refractivity (Wildman–Crippen MR) is 93.5 cm³/mol. The summed E-state index contributed by atoms with van der Waals surface area (Å²) in [5, 5.41) is 2.92. The molecule has 1 aromatic rings. The second kappa shape index (κ2) is 7.66. The lowest BCUT2D eigenvalue weighted by atomic mass is 9.97. The number of carbonyl (C=O) groups excluding carboxylic acids is 2. The first kappa shape index (κ1) is 18.3. The fourth-order valence-corrected chi connectivity index (χ4v) is 2.70. The van der Waals surface area contributed by atoms with E-state index < -0.39 is 5.60 Å². The van der Waals surface area contributed by atoms with E-state index in [9.17, 15) is 9.59 Å². The Morgan fingerprint density at radius 1 is 1.38 bits per heavy atom. The molecule has 1 saturated heterocycles. The van der Waals surface area contributed by atoms with Gasteiger partial charge in [0.05, 0.1) is 5.92 Å². The van der Waals surface area contributed by atoms with Crippen molar-refractivity contribution in [2.75, 3.05) is 18.4 Å². The maximum Gasteiger partial charge on any atom is 0.410 e. The zero-order chi connectivity index (χ0) is 17.7. The summed E-state index contributed by atoms with van der Waals surface area (Å²) in [6, 6.07) is 7.49. The molecule has 0 aromatic heterocycles. The average molecular weight is 333 g/mol. The number of carbonyl (C=O) groups is 2. The van der Waals surface area contributed by atoms with Crippen molar-refractivity contribution in [3.8, 4) is 0 Å². The van der Waals surface area contributed by atoms with E-state index >= 15 is 0 Å². The van der Waals surface area contributed by atoms with Crippen LogP contribution in [0.1, 0.15) is 39.2 Å². The average Bonchev–Trinajstić information content (AvgIpc) is 2.53. The first-order chi connectivity index (χ1) is 11.3. The van der Waals surface area contributed by atoms with Crippen molar-refractivity contribution in [3.05, 3.63) is 29.8 Å². The van der Waals surface area contributed by atoms with Gasteiger partial charge in [0.15, 0.2) is 0 Å². The zero-order valence-corrected chi connectivity index (χ0v) is 14.7. The highest BCUT2D eigenvalue weighted by Gasteiger charge is 2.31. The Kier molecular flexibility index (Phi) is 5.83. The molecule has 0 saturated carbocycles. The van der Waals surface area contributed by atoms with E-state index in [0.717, 1.165) is 24.1 Å². The number of amides is 2. The molecule has 24 heavy (non-hydrogen) atoms. The van der Waals surface area contributed by atoms with Crippen LogP contribution in [0.3, 0.4) is 0 Å². The first-order valence-electron chi connectivity index (χ1n) is 8.36. The van der Waals surface area contributed by atoms with Crippen LogP contribution < -0.4 is 11.1 Å². The van der Waals surface area contributed by atoms with Crippen molar-refractivity contribution >= 4 is 17.7 Å². The fourth-order valence-electron chi connectivity index (χ4n) is 2.70. The number of ether oxygens (including phenoxy) is 1. The molecule has 6 nitrogen and oxygen atoms in total. The van der Waals surface area contributed by atoms with Gasteiger partial charge in [-0.15, -0.1) is 0 Å². The topological polar surface area (TPSA) is 84.7 Å². The molecule has 0 bridgehead atoms. The van der Waals surface area contributed by atoms with Crippen LogP contribution in [0.4, 0.5) is 10.5 Å². The van der Waals surface area contributed by atoms with Gasteiger partial charge in [-0.25, -0.2) is 4.79 Å². The molecule has 0 spiro atoms. The van der Waals surface area contributed by atoms with Crippen LogP contribution in [0, 0.1) is 5.92 Å². The maximum absolute atomic E-state index is 12.5. The highest BCUT2D eigenvalue weighted by atomic mass is 16.6. The summed E-state index contributed by atoms with van der Waals surface area (Å²) in [6.07, 6.45) is 1.20. The minimum atomic E-state index is -0.533. The van der Waals surface area contributed by atoms with E-state index in [2.05, 4.69) is 5.32 Å². The second-order valence-corrected chi connectivity index (χ2v) is 7.16. The lowest BCUT2D eigenvalue weighted by Gasteiger charge is -2.33. The maximum atomic E-state index is 12.5. The number of nitrogens with one attached hydrogen (secondary N) is 1. The summed E-state index contributed by atoms with van der Waals surface area (Å²) < 4.78 is 5.40. The molecular formula is C18H27N3O3. The molecule has 0 radical (unpaired) electrons. The molecule has 1 aliphatic rings. The van der Waals surface area contributed by atoms with Gasteiger partial charge in [0.1, 0.15) is 5.60 Å². The van der Waals surface area contributed by atoms with Crippen LogP contribution >= 0.6 is 0 Å². The van der Waals surface area contributed by atoms with Crippen molar-refractivity contribution in [1.82, 2.24) is 4.90 Å². The summed E-state index contributed by atoms with van der Waals surface area (Å²) >= 11 is 0. The Balaban J connectivity index is 1.95. The molecule has 2 amide bonds. The largest absolute Gasteiger partial charge is 0.444 e. The second-order valence-electron chi connectivity index (χ2n) is 7.16. The van der Waals surface area contributed by atoms with Crippen LogP contribution in [0.5, 0.6) is 0 Å². The van der Waals surface area contributed by atoms with Gasteiger partial charge in [-0.3, -0.25) is 4.79 Å². The number of nitrogens with two attached hydrogens (primary N) is 1. The molecule has 1 unspecified atom stereocenters. The van der Waals surface area contributed by atoms with Crippen molar-refractivity contribution in [1.29, 1.82) is 0 Å². The number of nitrogens with zero attached hydrogens (tertiary/aromatic N) is 1.